The number of amides is 1. The van der Waals surface area contributed by atoms with E-state index in [1.54, 1.807) is 0 Å². The maximum absolute atomic E-state index is 12.1. The highest BCUT2D eigenvalue weighted by molar-refractivity contribution is 5.82. The Morgan fingerprint density at radius 2 is 1.87 bits per heavy atom. The van der Waals surface area contributed by atoms with Crippen molar-refractivity contribution in [1.82, 2.24) is 5.32 Å². The SMILES string of the molecule is O=C(O)CCCOc1ccc(CNC(=O)C2C3CCCC32)cc1. The van der Waals surface area contributed by atoms with E-state index in [4.69, 9.17) is 9.84 Å². The second-order valence-electron chi connectivity index (χ2n) is 6.49. The number of rotatable bonds is 8. The number of hydrogen-bond donors (Lipinski definition) is 2. The van der Waals surface area contributed by atoms with E-state index in [0.29, 0.717) is 31.4 Å². The molecule has 1 aromatic rings. The van der Waals surface area contributed by atoms with Gasteiger partial charge in [0.1, 0.15) is 5.75 Å². The number of hydrogen-bond acceptors (Lipinski definition) is 3. The number of ether oxygens (including phenoxy) is 1. The molecule has 5 nitrogen and oxygen atoms in total. The van der Waals surface area contributed by atoms with Gasteiger partial charge in [0.2, 0.25) is 5.91 Å². The van der Waals surface area contributed by atoms with Crippen molar-refractivity contribution >= 4 is 11.9 Å². The lowest BCUT2D eigenvalue weighted by molar-refractivity contribution is -0.137. The third-order valence-corrected chi connectivity index (χ3v) is 4.90. The molecular formula is C18H23NO4. The number of carboxylic acids is 1. The predicted molar refractivity (Wildman–Crippen MR) is 85.0 cm³/mol. The van der Waals surface area contributed by atoms with E-state index in [-0.39, 0.29) is 18.2 Å². The Hall–Kier alpha value is -2.04. The Morgan fingerprint density at radius 1 is 1.17 bits per heavy atom. The number of benzene rings is 1. The van der Waals surface area contributed by atoms with E-state index in [1.165, 1.54) is 19.3 Å². The van der Waals surface area contributed by atoms with E-state index in [2.05, 4.69) is 5.32 Å². The first-order valence-corrected chi connectivity index (χ1v) is 8.36. The lowest BCUT2D eigenvalue weighted by Crippen LogP contribution is -2.26. The third kappa shape index (κ3) is 4.03. The normalized spacial score (nSPS) is 24.8. The van der Waals surface area contributed by atoms with Gasteiger partial charge in [0, 0.05) is 18.9 Å². The molecule has 5 heteroatoms. The highest BCUT2D eigenvalue weighted by Crippen LogP contribution is 2.57. The summed E-state index contributed by atoms with van der Waals surface area (Å²) in [4.78, 5) is 22.5. The molecule has 0 spiro atoms. The van der Waals surface area contributed by atoms with Crippen molar-refractivity contribution in [1.29, 1.82) is 0 Å². The molecule has 124 valence electrons. The van der Waals surface area contributed by atoms with Crippen LogP contribution < -0.4 is 10.1 Å². The van der Waals surface area contributed by atoms with Gasteiger partial charge in [0.25, 0.3) is 0 Å². The van der Waals surface area contributed by atoms with Gasteiger partial charge in [-0.1, -0.05) is 18.6 Å². The van der Waals surface area contributed by atoms with Crippen LogP contribution in [0.5, 0.6) is 5.75 Å². The van der Waals surface area contributed by atoms with Crippen molar-refractivity contribution in [2.24, 2.45) is 17.8 Å². The van der Waals surface area contributed by atoms with Gasteiger partial charge >= 0.3 is 5.97 Å². The van der Waals surface area contributed by atoms with Crippen molar-refractivity contribution < 1.29 is 19.4 Å². The molecule has 3 rings (SSSR count). The molecule has 2 saturated carbocycles. The zero-order valence-corrected chi connectivity index (χ0v) is 13.2. The first kappa shape index (κ1) is 15.8. The van der Waals surface area contributed by atoms with E-state index < -0.39 is 5.97 Å². The van der Waals surface area contributed by atoms with E-state index in [0.717, 1.165) is 11.3 Å². The minimum Gasteiger partial charge on any atom is -0.494 e. The molecule has 2 fully saturated rings. The van der Waals surface area contributed by atoms with Crippen molar-refractivity contribution in [2.45, 2.75) is 38.6 Å². The smallest absolute Gasteiger partial charge is 0.303 e. The molecule has 2 N–H and O–H groups in total. The summed E-state index contributed by atoms with van der Waals surface area (Å²) < 4.78 is 5.48. The molecule has 0 bridgehead atoms. The molecule has 2 atom stereocenters. The lowest BCUT2D eigenvalue weighted by atomic mass is 10.1. The fourth-order valence-electron chi connectivity index (χ4n) is 3.63. The Bertz CT molecular complexity index is 559. The summed E-state index contributed by atoms with van der Waals surface area (Å²) in [7, 11) is 0. The van der Waals surface area contributed by atoms with Crippen LogP contribution in [0, 0.1) is 17.8 Å². The highest BCUT2D eigenvalue weighted by Gasteiger charge is 2.56. The van der Waals surface area contributed by atoms with E-state index >= 15 is 0 Å². The van der Waals surface area contributed by atoms with Crippen LogP contribution in [-0.2, 0) is 16.1 Å². The number of aliphatic carboxylic acids is 1. The van der Waals surface area contributed by atoms with Gasteiger partial charge in [0.05, 0.1) is 6.61 Å². The molecule has 0 radical (unpaired) electrons. The van der Waals surface area contributed by atoms with Crippen molar-refractivity contribution in [2.75, 3.05) is 6.61 Å². The molecule has 0 aliphatic heterocycles. The average molecular weight is 317 g/mol. The van der Waals surface area contributed by atoms with Crippen LogP contribution in [0.3, 0.4) is 0 Å². The van der Waals surface area contributed by atoms with Crippen LogP contribution in [0.1, 0.15) is 37.7 Å². The summed E-state index contributed by atoms with van der Waals surface area (Å²) in [5.41, 5.74) is 1.04. The fourth-order valence-corrected chi connectivity index (χ4v) is 3.63. The average Bonchev–Trinajstić information content (AvgIpc) is 3.03. The summed E-state index contributed by atoms with van der Waals surface area (Å²) >= 11 is 0. The van der Waals surface area contributed by atoms with Crippen LogP contribution in [0.15, 0.2) is 24.3 Å². The van der Waals surface area contributed by atoms with Crippen LogP contribution >= 0.6 is 0 Å². The first-order valence-electron chi connectivity index (χ1n) is 8.36. The second kappa shape index (κ2) is 7.02. The van der Waals surface area contributed by atoms with Crippen LogP contribution in [0.2, 0.25) is 0 Å². The zero-order valence-electron chi connectivity index (χ0n) is 13.2. The van der Waals surface area contributed by atoms with Crippen LogP contribution in [-0.4, -0.2) is 23.6 Å². The van der Waals surface area contributed by atoms with Crippen LogP contribution in [0.4, 0.5) is 0 Å². The molecule has 1 aromatic carbocycles. The Labute approximate surface area is 136 Å². The van der Waals surface area contributed by atoms with Gasteiger partial charge in [0.15, 0.2) is 0 Å². The van der Waals surface area contributed by atoms with Crippen LogP contribution in [0.25, 0.3) is 0 Å². The van der Waals surface area contributed by atoms with Gasteiger partial charge in [-0.3, -0.25) is 9.59 Å². The zero-order chi connectivity index (χ0) is 16.2. The summed E-state index contributed by atoms with van der Waals surface area (Å²) in [6, 6.07) is 7.57. The minimum atomic E-state index is -0.806. The number of fused-ring (bicyclic) bond motifs is 1. The topological polar surface area (TPSA) is 75.6 Å². The minimum absolute atomic E-state index is 0.118. The lowest BCUT2D eigenvalue weighted by Gasteiger charge is -2.08. The molecule has 2 aliphatic carbocycles. The monoisotopic (exact) mass is 317 g/mol. The number of carboxylic acid groups (broad SMARTS) is 1. The summed E-state index contributed by atoms with van der Waals surface area (Å²) in [6.45, 7) is 0.945. The number of carbonyl (C=O) groups is 2. The summed E-state index contributed by atoms with van der Waals surface area (Å²) in [5.74, 6) is 1.68. The third-order valence-electron chi connectivity index (χ3n) is 4.90. The molecule has 23 heavy (non-hydrogen) atoms. The Morgan fingerprint density at radius 3 is 2.52 bits per heavy atom. The molecular weight excluding hydrogens is 294 g/mol. The highest BCUT2D eigenvalue weighted by atomic mass is 16.5. The molecule has 0 heterocycles. The predicted octanol–water partition coefficient (Wildman–Crippen LogP) is 2.59. The standard InChI is InChI=1S/C18H23NO4/c20-16(21)5-2-10-23-13-8-6-12(7-9-13)11-19-18(22)17-14-3-1-4-15(14)17/h6-9,14-15,17H,1-5,10-11H2,(H,19,22)(H,20,21). The molecule has 0 aromatic heterocycles. The van der Waals surface area contributed by atoms with Gasteiger partial charge < -0.3 is 15.2 Å². The molecule has 2 unspecified atom stereocenters. The van der Waals surface area contributed by atoms with Crippen molar-refractivity contribution in [3.05, 3.63) is 29.8 Å². The van der Waals surface area contributed by atoms with E-state index in [1.807, 2.05) is 24.3 Å². The summed E-state index contributed by atoms with van der Waals surface area (Å²) in [5, 5.41) is 11.6. The van der Waals surface area contributed by atoms with Crippen molar-refractivity contribution in [3.8, 4) is 5.75 Å². The van der Waals surface area contributed by atoms with Gasteiger partial charge in [-0.05, 0) is 48.8 Å². The van der Waals surface area contributed by atoms with Gasteiger partial charge in [-0.15, -0.1) is 0 Å². The maximum atomic E-state index is 12.1. The molecule has 0 saturated heterocycles. The largest absolute Gasteiger partial charge is 0.494 e. The van der Waals surface area contributed by atoms with E-state index in [9.17, 15) is 9.59 Å². The first-order chi connectivity index (χ1) is 11.1. The molecule has 1 amide bonds. The fraction of sp³-hybridized carbons (Fsp3) is 0.556. The summed E-state index contributed by atoms with van der Waals surface area (Å²) in [6.07, 6.45) is 4.34. The number of carbonyl (C=O) groups excluding carboxylic acids is 1. The van der Waals surface area contributed by atoms with Gasteiger partial charge in [-0.2, -0.15) is 0 Å². The maximum Gasteiger partial charge on any atom is 0.303 e. The van der Waals surface area contributed by atoms with Crippen molar-refractivity contribution in [3.63, 3.8) is 0 Å². The molecule has 2 aliphatic rings. The number of nitrogens with one attached hydrogen (secondary N) is 1. The Kier molecular flexibility index (Phi) is 4.84. The van der Waals surface area contributed by atoms with Gasteiger partial charge in [-0.25, -0.2) is 0 Å². The quantitative estimate of drug-likeness (QED) is 0.723. The second-order valence-corrected chi connectivity index (χ2v) is 6.49. The Balaban J connectivity index is 1.37.